The molecule has 0 bridgehead atoms. The van der Waals surface area contributed by atoms with Crippen molar-refractivity contribution in [1.82, 2.24) is 0 Å². The third kappa shape index (κ3) is 5.65. The quantitative estimate of drug-likeness (QED) is 0.590. The molecule has 18 heavy (non-hydrogen) atoms. The molecular weight excluding hydrogens is 255 g/mol. The number of hydrogen-bond donors (Lipinski definition) is 2. The van der Waals surface area contributed by atoms with Crippen molar-refractivity contribution in [3.8, 4) is 5.75 Å². The first kappa shape index (κ1) is 15.2. The van der Waals surface area contributed by atoms with Gasteiger partial charge in [0.25, 0.3) is 0 Å². The van der Waals surface area contributed by atoms with Gasteiger partial charge in [-0.1, -0.05) is 31.5 Å². The normalized spacial score (nSPS) is 13.3. The van der Waals surface area contributed by atoms with E-state index >= 15 is 0 Å². The van der Waals surface area contributed by atoms with Gasteiger partial charge in [-0.15, -0.1) is 0 Å². The van der Waals surface area contributed by atoms with Crippen LogP contribution in [0.4, 0.5) is 0 Å². The standard InChI is InChI=1S/C12H19O5P/c1-3-4-7-11-8-5-6-9-12(11)16-10(2)17-18(13,14)15/h5-6,8-10H,3-4,7H2,1-2H3,(H2,13,14,15). The summed E-state index contributed by atoms with van der Waals surface area (Å²) in [6.45, 7) is 3.55. The number of aryl methyl sites for hydroxylation is 1. The van der Waals surface area contributed by atoms with Crippen LogP contribution in [-0.4, -0.2) is 16.1 Å². The molecule has 5 nitrogen and oxygen atoms in total. The molecule has 2 N–H and O–H groups in total. The molecule has 0 fully saturated rings. The van der Waals surface area contributed by atoms with Crippen molar-refractivity contribution in [2.24, 2.45) is 0 Å². The smallest absolute Gasteiger partial charge is 0.464 e. The predicted octanol–water partition coefficient (Wildman–Crippen LogP) is 2.86. The largest absolute Gasteiger partial charge is 0.472 e. The molecule has 0 spiro atoms. The van der Waals surface area contributed by atoms with Crippen molar-refractivity contribution in [1.29, 1.82) is 0 Å². The van der Waals surface area contributed by atoms with Crippen molar-refractivity contribution in [3.05, 3.63) is 29.8 Å². The monoisotopic (exact) mass is 274 g/mol. The number of unbranched alkanes of at least 4 members (excludes halogenated alkanes) is 1. The number of benzene rings is 1. The number of phosphoric ester groups is 1. The fourth-order valence-electron chi connectivity index (χ4n) is 1.59. The van der Waals surface area contributed by atoms with E-state index in [1.807, 2.05) is 18.2 Å². The van der Waals surface area contributed by atoms with Crippen LogP contribution in [-0.2, 0) is 15.5 Å². The summed E-state index contributed by atoms with van der Waals surface area (Å²) in [6, 6.07) is 7.43. The van der Waals surface area contributed by atoms with Crippen molar-refractivity contribution in [2.45, 2.75) is 39.4 Å². The first-order chi connectivity index (χ1) is 8.42. The zero-order valence-corrected chi connectivity index (χ0v) is 11.5. The number of ether oxygens (including phenoxy) is 1. The summed E-state index contributed by atoms with van der Waals surface area (Å²) in [5.41, 5.74) is 1.01. The van der Waals surface area contributed by atoms with Gasteiger partial charge in [0.15, 0.2) is 0 Å². The van der Waals surface area contributed by atoms with Crippen LogP contribution in [0.1, 0.15) is 32.3 Å². The lowest BCUT2D eigenvalue weighted by Crippen LogP contribution is -2.15. The Kier molecular flexibility index (Phi) is 5.82. The lowest BCUT2D eigenvalue weighted by atomic mass is 10.1. The zero-order valence-electron chi connectivity index (χ0n) is 10.6. The molecule has 1 rings (SSSR count). The second-order valence-electron chi connectivity index (χ2n) is 3.99. The minimum atomic E-state index is -4.52. The fourth-order valence-corrected chi connectivity index (χ4v) is 2.02. The van der Waals surface area contributed by atoms with E-state index < -0.39 is 14.1 Å². The van der Waals surface area contributed by atoms with Gasteiger partial charge < -0.3 is 14.5 Å². The molecule has 1 aromatic carbocycles. The van der Waals surface area contributed by atoms with Gasteiger partial charge in [-0.25, -0.2) is 9.09 Å². The van der Waals surface area contributed by atoms with Crippen LogP contribution in [0.3, 0.4) is 0 Å². The second-order valence-corrected chi connectivity index (χ2v) is 5.18. The van der Waals surface area contributed by atoms with Crippen LogP contribution in [0.25, 0.3) is 0 Å². The highest BCUT2D eigenvalue weighted by molar-refractivity contribution is 7.46. The summed E-state index contributed by atoms with van der Waals surface area (Å²) in [6.07, 6.45) is 1.99. The van der Waals surface area contributed by atoms with Crippen LogP contribution < -0.4 is 4.74 Å². The summed E-state index contributed by atoms with van der Waals surface area (Å²) >= 11 is 0. The third-order valence-corrected chi connectivity index (χ3v) is 2.92. The molecule has 1 unspecified atom stereocenters. The maximum absolute atomic E-state index is 10.7. The minimum absolute atomic E-state index is 0.604. The highest BCUT2D eigenvalue weighted by atomic mass is 31.2. The van der Waals surface area contributed by atoms with Gasteiger partial charge in [0, 0.05) is 0 Å². The molecule has 0 aliphatic carbocycles. The van der Waals surface area contributed by atoms with Crippen molar-refractivity contribution >= 4 is 7.82 Å². The molecule has 0 amide bonds. The first-order valence-corrected chi connectivity index (χ1v) is 7.44. The van der Waals surface area contributed by atoms with Gasteiger partial charge in [0.1, 0.15) is 5.75 Å². The van der Waals surface area contributed by atoms with E-state index in [0.717, 1.165) is 24.8 Å². The lowest BCUT2D eigenvalue weighted by molar-refractivity contribution is -0.00147. The minimum Gasteiger partial charge on any atom is -0.464 e. The molecule has 0 radical (unpaired) electrons. The van der Waals surface area contributed by atoms with Gasteiger partial charge in [-0.3, -0.25) is 0 Å². The van der Waals surface area contributed by atoms with Gasteiger partial charge in [-0.05, 0) is 31.4 Å². The van der Waals surface area contributed by atoms with Crippen LogP contribution in [0.15, 0.2) is 24.3 Å². The number of hydrogen-bond acceptors (Lipinski definition) is 3. The van der Waals surface area contributed by atoms with Crippen LogP contribution in [0.2, 0.25) is 0 Å². The van der Waals surface area contributed by atoms with E-state index in [-0.39, 0.29) is 0 Å². The van der Waals surface area contributed by atoms with Crippen LogP contribution in [0.5, 0.6) is 5.75 Å². The molecule has 1 atom stereocenters. The zero-order chi connectivity index (χ0) is 13.6. The maximum Gasteiger partial charge on any atom is 0.472 e. The van der Waals surface area contributed by atoms with Crippen molar-refractivity contribution in [2.75, 3.05) is 0 Å². The highest BCUT2D eigenvalue weighted by Crippen LogP contribution is 2.38. The summed E-state index contributed by atoms with van der Waals surface area (Å²) in [4.78, 5) is 17.4. The molecular formula is C12H19O5P. The van der Waals surface area contributed by atoms with Crippen molar-refractivity contribution in [3.63, 3.8) is 0 Å². The van der Waals surface area contributed by atoms with E-state index in [0.29, 0.717) is 5.75 Å². The SMILES string of the molecule is CCCCc1ccccc1OC(C)OP(=O)(O)O. The Balaban J connectivity index is 2.68. The van der Waals surface area contributed by atoms with E-state index in [4.69, 9.17) is 14.5 Å². The van der Waals surface area contributed by atoms with Crippen LogP contribution in [0, 0.1) is 0 Å². The van der Waals surface area contributed by atoms with Crippen LogP contribution >= 0.6 is 7.82 Å². The van der Waals surface area contributed by atoms with E-state index in [1.165, 1.54) is 6.92 Å². The van der Waals surface area contributed by atoms with Gasteiger partial charge in [-0.2, -0.15) is 0 Å². The molecule has 102 valence electrons. The highest BCUT2D eigenvalue weighted by Gasteiger charge is 2.20. The lowest BCUT2D eigenvalue weighted by Gasteiger charge is -2.17. The average molecular weight is 274 g/mol. The Labute approximate surface area is 107 Å². The molecule has 0 aliphatic heterocycles. The molecule has 0 aliphatic rings. The average Bonchev–Trinajstić information content (AvgIpc) is 2.25. The Hall–Kier alpha value is -0.870. The first-order valence-electron chi connectivity index (χ1n) is 5.91. The van der Waals surface area contributed by atoms with Gasteiger partial charge in [0.05, 0.1) is 0 Å². The predicted molar refractivity (Wildman–Crippen MR) is 68.3 cm³/mol. The fraction of sp³-hybridized carbons (Fsp3) is 0.500. The van der Waals surface area contributed by atoms with Gasteiger partial charge in [0.2, 0.25) is 6.29 Å². The molecule has 0 saturated carbocycles. The topological polar surface area (TPSA) is 76.0 Å². The van der Waals surface area contributed by atoms with Gasteiger partial charge >= 0.3 is 7.82 Å². The Morgan fingerprint density at radius 1 is 1.33 bits per heavy atom. The van der Waals surface area contributed by atoms with E-state index in [2.05, 4.69) is 11.4 Å². The number of para-hydroxylation sites is 1. The number of rotatable bonds is 7. The Morgan fingerprint density at radius 2 is 2.00 bits per heavy atom. The molecule has 0 aromatic heterocycles. The second kappa shape index (κ2) is 6.90. The molecule has 1 aromatic rings. The molecule has 0 saturated heterocycles. The van der Waals surface area contributed by atoms with E-state index in [1.54, 1.807) is 6.07 Å². The Morgan fingerprint density at radius 3 is 2.61 bits per heavy atom. The molecule has 0 heterocycles. The summed E-state index contributed by atoms with van der Waals surface area (Å²) in [5, 5.41) is 0. The Bertz CT molecular complexity index is 415. The molecule has 6 heteroatoms. The summed E-state index contributed by atoms with van der Waals surface area (Å²) in [7, 11) is -4.52. The number of phosphoric acid groups is 1. The summed E-state index contributed by atoms with van der Waals surface area (Å²) in [5.74, 6) is 0.604. The van der Waals surface area contributed by atoms with E-state index in [9.17, 15) is 4.57 Å². The summed E-state index contributed by atoms with van der Waals surface area (Å²) < 4.78 is 20.5. The third-order valence-electron chi connectivity index (χ3n) is 2.35. The van der Waals surface area contributed by atoms with Crippen molar-refractivity contribution < 1.29 is 23.6 Å². The maximum atomic E-state index is 10.7.